The van der Waals surface area contributed by atoms with E-state index in [1.807, 2.05) is 0 Å². The summed E-state index contributed by atoms with van der Waals surface area (Å²) in [5, 5.41) is 10.4. The number of aryl methyl sites for hydroxylation is 2. The minimum atomic E-state index is -0.119. The first kappa shape index (κ1) is 33.6. The van der Waals surface area contributed by atoms with Crippen LogP contribution in [0, 0.1) is 13.8 Å². The van der Waals surface area contributed by atoms with Crippen molar-refractivity contribution in [1.82, 2.24) is 0 Å². The lowest BCUT2D eigenvalue weighted by Crippen LogP contribution is -2.15. The Kier molecular flexibility index (Phi) is 7.44. The summed E-state index contributed by atoms with van der Waals surface area (Å²) in [6.07, 6.45) is 0. The average molecular weight is 727 g/mol. The van der Waals surface area contributed by atoms with Crippen molar-refractivity contribution in [3.8, 4) is 55.6 Å². The highest BCUT2D eigenvalue weighted by atomic mass is 14.4. The number of benzene rings is 10. The smallest absolute Gasteiger partial charge is 0.0165 e. The molecule has 0 saturated carbocycles. The molecule has 0 N–H and O–H groups in total. The van der Waals surface area contributed by atoms with Crippen molar-refractivity contribution in [1.29, 1.82) is 0 Å². The van der Waals surface area contributed by atoms with Crippen LogP contribution >= 0.6 is 0 Å². The van der Waals surface area contributed by atoms with Crippen molar-refractivity contribution >= 4 is 43.1 Å². The van der Waals surface area contributed by atoms with Gasteiger partial charge in [-0.1, -0.05) is 178 Å². The molecule has 10 aromatic rings. The topological polar surface area (TPSA) is 0 Å². The van der Waals surface area contributed by atoms with Crippen LogP contribution in [-0.4, -0.2) is 0 Å². The Labute approximate surface area is 334 Å². The van der Waals surface area contributed by atoms with E-state index < -0.39 is 0 Å². The molecule has 57 heavy (non-hydrogen) atoms. The van der Waals surface area contributed by atoms with Crippen LogP contribution in [0.4, 0.5) is 0 Å². The molecule has 0 fully saturated rings. The molecule has 0 heterocycles. The summed E-state index contributed by atoms with van der Waals surface area (Å²) in [5.74, 6) is 0. The van der Waals surface area contributed by atoms with Crippen LogP contribution in [0.2, 0.25) is 0 Å². The first-order valence-electron chi connectivity index (χ1n) is 20.2. The Morgan fingerprint density at radius 3 is 1.37 bits per heavy atom. The molecule has 1 aliphatic rings. The van der Waals surface area contributed by atoms with Gasteiger partial charge < -0.3 is 0 Å². The van der Waals surface area contributed by atoms with Gasteiger partial charge in [0.05, 0.1) is 0 Å². The molecule has 0 aromatic heterocycles. The minimum absolute atomic E-state index is 0.119. The lowest BCUT2D eigenvalue weighted by Gasteiger charge is -2.24. The lowest BCUT2D eigenvalue weighted by molar-refractivity contribution is 0.666. The molecule has 0 bridgehead atoms. The third-order valence-electron chi connectivity index (χ3n) is 12.9. The van der Waals surface area contributed by atoms with Crippen molar-refractivity contribution in [2.24, 2.45) is 0 Å². The Morgan fingerprint density at radius 1 is 0.298 bits per heavy atom. The standard InChI is InChI=1S/C57H42/c1-35-16-5-6-19-41(35)50-34-40(29-28-36(50)2)54-47-25-12-10-23-45(47)53(46-24-11-13-26-48(46)54)39-18-15-17-37(32-39)38-30-31-52-51(33-38)55-44-22-9-7-20-42(44)43-21-8-14-27-49(43)56(55)57(52,3)4/h5-34H,1-4H3. The monoisotopic (exact) mass is 726 g/mol. The molecule has 0 heteroatoms. The molecule has 0 amide bonds. The number of hydrogen-bond donors (Lipinski definition) is 0. The van der Waals surface area contributed by atoms with Gasteiger partial charge in [-0.25, -0.2) is 0 Å². The highest BCUT2D eigenvalue weighted by molar-refractivity contribution is 6.22. The molecule has 11 rings (SSSR count). The summed E-state index contributed by atoms with van der Waals surface area (Å²) < 4.78 is 0. The second-order valence-corrected chi connectivity index (χ2v) is 16.5. The predicted molar refractivity (Wildman–Crippen MR) is 245 cm³/mol. The number of rotatable bonds is 4. The second kappa shape index (κ2) is 12.6. The van der Waals surface area contributed by atoms with Crippen LogP contribution in [0.5, 0.6) is 0 Å². The first-order chi connectivity index (χ1) is 27.9. The summed E-state index contributed by atoms with van der Waals surface area (Å²) in [5.41, 5.74) is 18.1. The van der Waals surface area contributed by atoms with Gasteiger partial charge in [0.25, 0.3) is 0 Å². The summed E-state index contributed by atoms with van der Waals surface area (Å²) in [6.45, 7) is 9.24. The molecule has 0 saturated heterocycles. The molecular formula is C57H42. The molecule has 1 aliphatic carbocycles. The van der Waals surface area contributed by atoms with Crippen LogP contribution in [-0.2, 0) is 5.41 Å². The Balaban J connectivity index is 1.10. The van der Waals surface area contributed by atoms with E-state index in [0.717, 1.165) is 0 Å². The molecular weight excluding hydrogens is 685 g/mol. The summed E-state index contributed by atoms with van der Waals surface area (Å²) in [7, 11) is 0. The molecule has 0 unspecified atom stereocenters. The van der Waals surface area contributed by atoms with Gasteiger partial charge in [-0.15, -0.1) is 0 Å². The van der Waals surface area contributed by atoms with E-state index in [2.05, 4.69) is 210 Å². The van der Waals surface area contributed by atoms with Gasteiger partial charge in [-0.05, 0) is 153 Å². The van der Waals surface area contributed by atoms with E-state index in [-0.39, 0.29) is 5.41 Å². The Bertz CT molecular complexity index is 3230. The van der Waals surface area contributed by atoms with Gasteiger partial charge in [-0.3, -0.25) is 0 Å². The minimum Gasteiger partial charge on any atom is -0.0620 e. The molecule has 270 valence electrons. The van der Waals surface area contributed by atoms with Gasteiger partial charge in [-0.2, -0.15) is 0 Å². The number of fused-ring (bicyclic) bond motifs is 10. The predicted octanol–water partition coefficient (Wildman–Crippen LogP) is 15.9. The third-order valence-corrected chi connectivity index (χ3v) is 12.9. The zero-order chi connectivity index (χ0) is 38.4. The fourth-order valence-electron chi connectivity index (χ4n) is 10.2. The molecule has 0 radical (unpaired) electrons. The van der Waals surface area contributed by atoms with Gasteiger partial charge in [0.15, 0.2) is 0 Å². The van der Waals surface area contributed by atoms with E-state index in [1.54, 1.807) is 0 Å². The summed E-state index contributed by atoms with van der Waals surface area (Å²) in [6, 6.07) is 68.1. The van der Waals surface area contributed by atoms with E-state index in [4.69, 9.17) is 0 Å². The zero-order valence-corrected chi connectivity index (χ0v) is 32.8. The zero-order valence-electron chi connectivity index (χ0n) is 32.8. The second-order valence-electron chi connectivity index (χ2n) is 16.5. The van der Waals surface area contributed by atoms with E-state index in [0.29, 0.717) is 0 Å². The highest BCUT2D eigenvalue weighted by Crippen LogP contribution is 2.55. The van der Waals surface area contributed by atoms with Gasteiger partial charge >= 0.3 is 0 Å². The summed E-state index contributed by atoms with van der Waals surface area (Å²) in [4.78, 5) is 0. The van der Waals surface area contributed by atoms with Crippen molar-refractivity contribution in [2.75, 3.05) is 0 Å². The summed E-state index contributed by atoms with van der Waals surface area (Å²) >= 11 is 0. The van der Waals surface area contributed by atoms with Crippen LogP contribution in [0.15, 0.2) is 182 Å². The Morgan fingerprint density at radius 2 is 0.737 bits per heavy atom. The maximum Gasteiger partial charge on any atom is 0.0165 e. The Hall–Kier alpha value is -6.76. The fraction of sp³-hybridized carbons (Fsp3) is 0.0877. The van der Waals surface area contributed by atoms with E-state index >= 15 is 0 Å². The van der Waals surface area contributed by atoms with Crippen LogP contribution in [0.1, 0.15) is 36.1 Å². The largest absolute Gasteiger partial charge is 0.0620 e. The highest BCUT2D eigenvalue weighted by Gasteiger charge is 2.38. The maximum atomic E-state index is 2.46. The van der Waals surface area contributed by atoms with Crippen LogP contribution in [0.3, 0.4) is 0 Å². The van der Waals surface area contributed by atoms with Crippen molar-refractivity contribution in [3.05, 3.63) is 204 Å². The third kappa shape index (κ3) is 5.00. The molecule has 0 aliphatic heterocycles. The molecule has 0 atom stereocenters. The fourth-order valence-corrected chi connectivity index (χ4v) is 10.2. The first-order valence-corrected chi connectivity index (χ1v) is 20.2. The van der Waals surface area contributed by atoms with E-state index in [1.165, 1.54) is 121 Å². The molecule has 10 aromatic carbocycles. The normalized spacial score (nSPS) is 13.1. The van der Waals surface area contributed by atoms with Crippen molar-refractivity contribution in [3.63, 3.8) is 0 Å². The lowest BCUT2D eigenvalue weighted by atomic mass is 9.79. The molecule has 0 spiro atoms. The van der Waals surface area contributed by atoms with Crippen molar-refractivity contribution in [2.45, 2.75) is 33.1 Å². The quantitative estimate of drug-likeness (QED) is 0.125. The van der Waals surface area contributed by atoms with Gasteiger partial charge in [0, 0.05) is 5.41 Å². The van der Waals surface area contributed by atoms with Gasteiger partial charge in [0.2, 0.25) is 0 Å². The number of hydrogen-bond acceptors (Lipinski definition) is 0. The van der Waals surface area contributed by atoms with Crippen molar-refractivity contribution < 1.29 is 0 Å². The van der Waals surface area contributed by atoms with Crippen LogP contribution in [0.25, 0.3) is 98.7 Å². The van der Waals surface area contributed by atoms with E-state index in [9.17, 15) is 0 Å². The van der Waals surface area contributed by atoms with Crippen LogP contribution < -0.4 is 0 Å². The average Bonchev–Trinajstić information content (AvgIpc) is 3.49. The maximum absolute atomic E-state index is 2.46. The SMILES string of the molecule is Cc1ccccc1-c1cc(-c2c3ccccc3c(-c3cccc(-c4ccc5c(c4)-c4c(c6ccccc6c6ccccc46)C5(C)C)c3)c3ccccc23)ccc1C. The van der Waals surface area contributed by atoms with Gasteiger partial charge in [0.1, 0.15) is 0 Å². The molecule has 0 nitrogen and oxygen atoms in total.